The van der Waals surface area contributed by atoms with Crippen molar-refractivity contribution in [2.45, 2.75) is 0 Å². The molecule has 1 amide bonds. The summed E-state index contributed by atoms with van der Waals surface area (Å²) >= 11 is 1.45. The lowest BCUT2D eigenvalue weighted by atomic mass is 10.1. The molecule has 0 saturated heterocycles. The maximum atomic E-state index is 11.9. The predicted octanol–water partition coefficient (Wildman–Crippen LogP) is 2.30. The van der Waals surface area contributed by atoms with E-state index < -0.39 is 0 Å². The largest absolute Gasteiger partial charge is 0.486 e. The SMILES string of the molecule is Cl.NCCNC(=O)c1ccc(-c2ccc3c(c2)OCCO3)s1. The van der Waals surface area contributed by atoms with Gasteiger partial charge in [-0.05, 0) is 35.9 Å². The average Bonchev–Trinajstić information content (AvgIpc) is 3.02. The van der Waals surface area contributed by atoms with Gasteiger partial charge in [-0.3, -0.25) is 4.79 Å². The standard InChI is InChI=1S/C15H16N2O3S.ClH/c16-5-6-17-15(18)14-4-3-13(21-14)10-1-2-11-12(9-10)20-8-7-19-11;/h1-4,9H,5-8,16H2,(H,17,18);1H. The van der Waals surface area contributed by atoms with Gasteiger partial charge in [0.25, 0.3) is 5.91 Å². The van der Waals surface area contributed by atoms with Gasteiger partial charge in [0.05, 0.1) is 4.88 Å². The number of nitrogens with one attached hydrogen (secondary N) is 1. The van der Waals surface area contributed by atoms with Crippen molar-refractivity contribution in [1.29, 1.82) is 0 Å². The average molecular weight is 341 g/mol. The van der Waals surface area contributed by atoms with Crippen molar-refractivity contribution in [1.82, 2.24) is 5.32 Å². The van der Waals surface area contributed by atoms with Gasteiger partial charge in [0.1, 0.15) is 13.2 Å². The molecule has 5 nitrogen and oxygen atoms in total. The second kappa shape index (κ2) is 7.49. The molecular formula is C15H17ClN2O3S. The van der Waals surface area contributed by atoms with Crippen LogP contribution >= 0.6 is 23.7 Å². The van der Waals surface area contributed by atoms with Crippen LogP contribution in [-0.4, -0.2) is 32.2 Å². The minimum absolute atomic E-state index is 0. The Hall–Kier alpha value is -1.76. The van der Waals surface area contributed by atoms with Crippen LogP contribution in [0.4, 0.5) is 0 Å². The number of fused-ring (bicyclic) bond motifs is 1. The molecule has 118 valence electrons. The van der Waals surface area contributed by atoms with Crippen LogP contribution in [-0.2, 0) is 0 Å². The van der Waals surface area contributed by atoms with Crippen LogP contribution in [0.2, 0.25) is 0 Å². The number of ether oxygens (including phenoxy) is 2. The molecule has 0 aliphatic carbocycles. The molecule has 0 atom stereocenters. The Morgan fingerprint density at radius 3 is 2.73 bits per heavy atom. The molecule has 0 fully saturated rings. The van der Waals surface area contributed by atoms with Gasteiger partial charge in [0.2, 0.25) is 0 Å². The van der Waals surface area contributed by atoms with Gasteiger partial charge in [-0.1, -0.05) is 0 Å². The number of nitrogens with two attached hydrogens (primary N) is 1. The Kier molecular flexibility index (Phi) is 5.65. The fourth-order valence-electron chi connectivity index (χ4n) is 2.08. The number of thiophene rings is 1. The Morgan fingerprint density at radius 1 is 1.18 bits per heavy atom. The minimum Gasteiger partial charge on any atom is -0.486 e. The van der Waals surface area contributed by atoms with E-state index in [4.69, 9.17) is 15.2 Å². The first-order valence-corrected chi connectivity index (χ1v) is 7.57. The molecule has 7 heteroatoms. The number of hydrogen-bond donors (Lipinski definition) is 2. The van der Waals surface area contributed by atoms with Crippen molar-refractivity contribution in [2.75, 3.05) is 26.3 Å². The number of carbonyl (C=O) groups is 1. The van der Waals surface area contributed by atoms with Gasteiger partial charge in [-0.25, -0.2) is 0 Å². The lowest BCUT2D eigenvalue weighted by molar-refractivity contribution is 0.0959. The number of rotatable bonds is 4. The van der Waals surface area contributed by atoms with Gasteiger partial charge in [0.15, 0.2) is 11.5 Å². The Labute approximate surface area is 138 Å². The molecule has 0 unspecified atom stereocenters. The van der Waals surface area contributed by atoms with E-state index in [2.05, 4.69) is 5.32 Å². The number of carbonyl (C=O) groups excluding carboxylic acids is 1. The monoisotopic (exact) mass is 340 g/mol. The zero-order valence-corrected chi connectivity index (χ0v) is 13.5. The van der Waals surface area contributed by atoms with E-state index in [-0.39, 0.29) is 18.3 Å². The fourth-order valence-corrected chi connectivity index (χ4v) is 3.00. The predicted molar refractivity (Wildman–Crippen MR) is 89.4 cm³/mol. The van der Waals surface area contributed by atoms with Gasteiger partial charge in [0, 0.05) is 18.0 Å². The molecule has 1 aromatic carbocycles. The van der Waals surface area contributed by atoms with Crippen LogP contribution in [0, 0.1) is 0 Å². The van der Waals surface area contributed by atoms with E-state index in [1.807, 2.05) is 30.3 Å². The molecule has 0 saturated carbocycles. The first-order chi connectivity index (χ1) is 10.3. The van der Waals surface area contributed by atoms with Gasteiger partial charge < -0.3 is 20.5 Å². The highest BCUT2D eigenvalue weighted by molar-refractivity contribution is 7.17. The molecule has 0 spiro atoms. The number of amides is 1. The molecule has 0 radical (unpaired) electrons. The number of halogens is 1. The van der Waals surface area contributed by atoms with Crippen LogP contribution in [0.3, 0.4) is 0 Å². The molecule has 0 bridgehead atoms. The molecule has 2 aromatic rings. The van der Waals surface area contributed by atoms with E-state index in [9.17, 15) is 4.79 Å². The topological polar surface area (TPSA) is 73.6 Å². The van der Waals surface area contributed by atoms with E-state index in [0.29, 0.717) is 31.2 Å². The van der Waals surface area contributed by atoms with Gasteiger partial charge in [-0.2, -0.15) is 0 Å². The molecule has 1 aliphatic rings. The van der Waals surface area contributed by atoms with Gasteiger partial charge in [-0.15, -0.1) is 23.7 Å². The second-order valence-electron chi connectivity index (χ2n) is 4.57. The third-order valence-electron chi connectivity index (χ3n) is 3.09. The third kappa shape index (κ3) is 3.52. The highest BCUT2D eigenvalue weighted by atomic mass is 35.5. The van der Waals surface area contributed by atoms with Crippen molar-refractivity contribution >= 4 is 29.7 Å². The molecule has 1 aliphatic heterocycles. The number of benzene rings is 1. The normalized spacial score (nSPS) is 12.4. The lowest BCUT2D eigenvalue weighted by Gasteiger charge is -2.18. The van der Waals surface area contributed by atoms with Crippen LogP contribution < -0.4 is 20.5 Å². The van der Waals surface area contributed by atoms with E-state index >= 15 is 0 Å². The molecule has 3 rings (SSSR count). The summed E-state index contributed by atoms with van der Waals surface area (Å²) in [6.45, 7) is 2.06. The summed E-state index contributed by atoms with van der Waals surface area (Å²) in [5.74, 6) is 1.43. The van der Waals surface area contributed by atoms with E-state index in [1.165, 1.54) is 11.3 Å². The summed E-state index contributed by atoms with van der Waals surface area (Å²) in [5, 5.41) is 2.77. The first kappa shape index (κ1) is 16.6. The second-order valence-corrected chi connectivity index (χ2v) is 5.65. The van der Waals surface area contributed by atoms with Crippen molar-refractivity contribution < 1.29 is 14.3 Å². The van der Waals surface area contributed by atoms with Crippen molar-refractivity contribution in [3.63, 3.8) is 0 Å². The summed E-state index contributed by atoms with van der Waals surface area (Å²) in [4.78, 5) is 13.6. The van der Waals surface area contributed by atoms with Crippen molar-refractivity contribution in [3.8, 4) is 21.9 Å². The molecule has 3 N–H and O–H groups in total. The van der Waals surface area contributed by atoms with Crippen molar-refractivity contribution in [2.24, 2.45) is 5.73 Å². The summed E-state index contributed by atoms with van der Waals surface area (Å²) in [5.41, 5.74) is 6.39. The highest BCUT2D eigenvalue weighted by Gasteiger charge is 2.14. The molecular weight excluding hydrogens is 324 g/mol. The molecule has 22 heavy (non-hydrogen) atoms. The summed E-state index contributed by atoms with van der Waals surface area (Å²) in [6, 6.07) is 9.58. The molecule has 1 aromatic heterocycles. The molecule has 2 heterocycles. The maximum absolute atomic E-state index is 11.9. The lowest BCUT2D eigenvalue weighted by Crippen LogP contribution is -2.28. The smallest absolute Gasteiger partial charge is 0.261 e. The third-order valence-corrected chi connectivity index (χ3v) is 4.22. The van der Waals surface area contributed by atoms with E-state index in [1.54, 1.807) is 0 Å². The zero-order chi connectivity index (χ0) is 14.7. The fraction of sp³-hybridized carbons (Fsp3) is 0.267. The Morgan fingerprint density at radius 2 is 1.95 bits per heavy atom. The zero-order valence-electron chi connectivity index (χ0n) is 11.8. The number of hydrogen-bond acceptors (Lipinski definition) is 5. The summed E-state index contributed by atoms with van der Waals surface area (Å²) in [6.07, 6.45) is 0. The van der Waals surface area contributed by atoms with Crippen LogP contribution in [0.25, 0.3) is 10.4 Å². The van der Waals surface area contributed by atoms with Crippen LogP contribution in [0.1, 0.15) is 9.67 Å². The highest BCUT2D eigenvalue weighted by Crippen LogP contribution is 2.36. The van der Waals surface area contributed by atoms with E-state index in [0.717, 1.165) is 21.9 Å². The van der Waals surface area contributed by atoms with Crippen LogP contribution in [0.15, 0.2) is 30.3 Å². The summed E-state index contributed by atoms with van der Waals surface area (Å²) in [7, 11) is 0. The van der Waals surface area contributed by atoms with Crippen LogP contribution in [0.5, 0.6) is 11.5 Å². The van der Waals surface area contributed by atoms with Gasteiger partial charge >= 0.3 is 0 Å². The van der Waals surface area contributed by atoms with Crippen molar-refractivity contribution in [3.05, 3.63) is 35.2 Å². The Bertz CT molecular complexity index is 660. The Balaban J connectivity index is 0.00000176. The quantitative estimate of drug-likeness (QED) is 0.895. The first-order valence-electron chi connectivity index (χ1n) is 6.76. The minimum atomic E-state index is -0.0887. The maximum Gasteiger partial charge on any atom is 0.261 e. The summed E-state index contributed by atoms with van der Waals surface area (Å²) < 4.78 is 11.1.